The normalized spacial score (nSPS) is 32.9. The Morgan fingerprint density at radius 3 is 1.51 bits per heavy atom. The van der Waals surface area contributed by atoms with Crippen molar-refractivity contribution in [1.82, 2.24) is 5.32 Å². The van der Waals surface area contributed by atoms with E-state index in [1.165, 1.54) is 0 Å². The topological polar surface area (TPSA) is 307 Å². The van der Waals surface area contributed by atoms with Gasteiger partial charge in [-0.15, -0.1) is 0 Å². The Labute approximate surface area is 419 Å². The van der Waals surface area contributed by atoms with Gasteiger partial charge in [-0.2, -0.15) is 0 Å². The number of hydrogen-bond donors (Lipinski definition) is 12. The van der Waals surface area contributed by atoms with Crippen LogP contribution in [0.5, 0.6) is 0 Å². The molecule has 19 nitrogen and oxygen atoms in total. The molecule has 1 amide bonds. The lowest BCUT2D eigenvalue weighted by atomic mass is 9.96. The van der Waals surface area contributed by atoms with Crippen LogP contribution in [0.4, 0.5) is 0 Å². The van der Waals surface area contributed by atoms with Crippen molar-refractivity contribution in [3.05, 3.63) is 72.9 Å². The molecule has 3 aliphatic rings. The molecule has 0 aromatic carbocycles. The minimum atomic E-state index is -1.98. The number of amides is 1. The van der Waals surface area contributed by atoms with Crippen molar-refractivity contribution < 1.29 is 89.4 Å². The van der Waals surface area contributed by atoms with Gasteiger partial charge in [-0.25, -0.2) is 0 Å². The quantitative estimate of drug-likeness (QED) is 0.0324. The number of ether oxygens (including phenoxy) is 6. The lowest BCUT2D eigenvalue weighted by Crippen LogP contribution is -2.66. The van der Waals surface area contributed by atoms with Gasteiger partial charge in [0.05, 0.1) is 38.6 Å². The van der Waals surface area contributed by atoms with E-state index in [1.807, 2.05) is 6.08 Å². The highest BCUT2D eigenvalue weighted by molar-refractivity contribution is 5.76. The van der Waals surface area contributed by atoms with Gasteiger partial charge in [0.15, 0.2) is 18.9 Å². The van der Waals surface area contributed by atoms with Crippen LogP contribution < -0.4 is 5.32 Å². The summed E-state index contributed by atoms with van der Waals surface area (Å²) >= 11 is 0. The zero-order valence-corrected chi connectivity index (χ0v) is 41.7. The molecule has 17 unspecified atom stereocenters. The summed E-state index contributed by atoms with van der Waals surface area (Å²) in [6.07, 6.45) is 12.3. The first-order chi connectivity index (χ1) is 34.3. The van der Waals surface area contributed by atoms with Crippen molar-refractivity contribution in [2.75, 3.05) is 26.4 Å². The number of unbranched alkanes of at least 4 members (excludes halogenated alkanes) is 8. The Hall–Kier alpha value is -2.77. The molecular formula is C52H87NO18. The second-order valence-corrected chi connectivity index (χ2v) is 18.2. The molecule has 3 rings (SSSR count). The highest BCUT2D eigenvalue weighted by Crippen LogP contribution is 2.33. The zero-order chi connectivity index (χ0) is 52.0. The third-order valence-electron chi connectivity index (χ3n) is 12.5. The molecule has 0 bridgehead atoms. The predicted octanol–water partition coefficient (Wildman–Crippen LogP) is 1.92. The van der Waals surface area contributed by atoms with Crippen molar-refractivity contribution in [3.8, 4) is 0 Å². The van der Waals surface area contributed by atoms with Gasteiger partial charge < -0.3 is 89.9 Å². The molecule has 0 radical (unpaired) electrons. The lowest BCUT2D eigenvalue weighted by Gasteiger charge is -2.48. The highest BCUT2D eigenvalue weighted by atomic mass is 16.8. The summed E-state index contributed by atoms with van der Waals surface area (Å²) in [7, 11) is 0. The first-order valence-corrected chi connectivity index (χ1v) is 25.7. The van der Waals surface area contributed by atoms with Crippen molar-refractivity contribution in [1.29, 1.82) is 0 Å². The standard InChI is InChI=1S/C52H87NO18/c1-3-5-7-9-11-12-13-14-15-16-17-18-19-20-21-22-24-26-28-30-40(58)53-35(36(57)29-27-25-23-10-8-6-4-2)34-66-50-46(64)43(61)48(38(32-55)68-50)71-52-47(65)44(62)49(39(33-56)69-52)70-51-45(63)42(60)41(59)37(31-54)67-51/h5,7,11-12,14-15,17-18,20-21,27,29,35-39,41-52,54-57,59-65H,3-4,6,8-10,13,16,19,22-26,28,30-34H2,1-2H3,(H,53,58)/b7-5-,12-11-,15-14-,18-17-,21-20-,29-27+. The molecule has 3 aliphatic heterocycles. The fourth-order valence-corrected chi connectivity index (χ4v) is 8.21. The van der Waals surface area contributed by atoms with Gasteiger partial charge >= 0.3 is 0 Å². The van der Waals surface area contributed by atoms with E-state index in [0.717, 1.165) is 89.9 Å². The molecule has 3 fully saturated rings. The monoisotopic (exact) mass is 1010 g/mol. The van der Waals surface area contributed by atoms with Gasteiger partial charge in [-0.05, 0) is 64.2 Å². The maximum absolute atomic E-state index is 13.2. The van der Waals surface area contributed by atoms with Crippen molar-refractivity contribution in [2.24, 2.45) is 0 Å². The summed E-state index contributed by atoms with van der Waals surface area (Å²) in [5.74, 6) is -0.317. The Balaban J connectivity index is 1.52. The van der Waals surface area contributed by atoms with Gasteiger partial charge in [0, 0.05) is 6.42 Å². The maximum atomic E-state index is 13.2. The molecule has 0 aromatic rings. The van der Waals surface area contributed by atoms with Crippen LogP contribution in [0.25, 0.3) is 0 Å². The van der Waals surface area contributed by atoms with Gasteiger partial charge in [-0.1, -0.05) is 119 Å². The van der Waals surface area contributed by atoms with Crippen LogP contribution in [-0.2, 0) is 33.2 Å². The van der Waals surface area contributed by atoms with E-state index in [4.69, 9.17) is 28.4 Å². The first-order valence-electron chi connectivity index (χ1n) is 25.7. The molecule has 12 N–H and O–H groups in total. The molecule has 408 valence electrons. The zero-order valence-electron chi connectivity index (χ0n) is 41.7. The number of hydrogen-bond acceptors (Lipinski definition) is 18. The fourth-order valence-electron chi connectivity index (χ4n) is 8.21. The minimum Gasteiger partial charge on any atom is -0.394 e. The fraction of sp³-hybridized carbons (Fsp3) is 0.750. The molecule has 19 heteroatoms. The van der Waals surface area contributed by atoms with Crippen LogP contribution in [0.3, 0.4) is 0 Å². The van der Waals surface area contributed by atoms with E-state index in [2.05, 4.69) is 79.9 Å². The van der Waals surface area contributed by atoms with Gasteiger partial charge in [-0.3, -0.25) is 4.79 Å². The summed E-state index contributed by atoms with van der Waals surface area (Å²) in [4.78, 5) is 13.2. The van der Waals surface area contributed by atoms with Gasteiger partial charge in [0.25, 0.3) is 0 Å². The smallest absolute Gasteiger partial charge is 0.220 e. The number of rotatable bonds is 34. The average Bonchev–Trinajstić information content (AvgIpc) is 3.36. The van der Waals surface area contributed by atoms with Crippen LogP contribution in [0.15, 0.2) is 72.9 Å². The van der Waals surface area contributed by atoms with Gasteiger partial charge in [0.2, 0.25) is 5.91 Å². The number of allylic oxidation sites excluding steroid dienone is 11. The van der Waals surface area contributed by atoms with Crippen LogP contribution >= 0.6 is 0 Å². The Kier molecular flexibility index (Phi) is 31.9. The Morgan fingerprint density at radius 2 is 0.972 bits per heavy atom. The third kappa shape index (κ3) is 21.9. The molecule has 0 aromatic heterocycles. The molecule has 17 atom stereocenters. The van der Waals surface area contributed by atoms with Crippen LogP contribution in [0, 0.1) is 0 Å². The van der Waals surface area contributed by atoms with E-state index < -0.39 is 124 Å². The molecule has 0 aliphatic carbocycles. The van der Waals surface area contributed by atoms with E-state index in [1.54, 1.807) is 6.08 Å². The predicted molar refractivity (Wildman–Crippen MR) is 263 cm³/mol. The Morgan fingerprint density at radius 1 is 0.521 bits per heavy atom. The average molecular weight is 1010 g/mol. The molecule has 3 heterocycles. The van der Waals surface area contributed by atoms with Crippen LogP contribution in [0.1, 0.15) is 117 Å². The summed E-state index contributed by atoms with van der Waals surface area (Å²) in [6.45, 7) is 1.45. The number of aliphatic hydroxyl groups excluding tert-OH is 11. The lowest BCUT2D eigenvalue weighted by molar-refractivity contribution is -0.379. The van der Waals surface area contributed by atoms with Crippen LogP contribution in [-0.4, -0.2) is 193 Å². The SMILES string of the molecule is CC/C=C\C/C=C\C/C=C\C/C=C\C/C=C\CCCCCC(=O)NC(COC1OC(CO)C(OC2OC(CO)C(OC3OC(CO)C(O)C(O)C3O)C(O)C2O)C(O)C1O)C(O)/C=C/CCCCCCC. The highest BCUT2D eigenvalue weighted by Gasteiger charge is 2.53. The van der Waals surface area contributed by atoms with E-state index in [-0.39, 0.29) is 18.9 Å². The summed E-state index contributed by atoms with van der Waals surface area (Å²) in [5, 5.41) is 119. The van der Waals surface area contributed by atoms with E-state index in [0.29, 0.717) is 6.42 Å². The number of carbonyl (C=O) groups excluding carboxylic acids is 1. The maximum Gasteiger partial charge on any atom is 0.220 e. The number of nitrogens with one attached hydrogen (secondary N) is 1. The molecular weight excluding hydrogens is 927 g/mol. The van der Waals surface area contributed by atoms with E-state index >= 15 is 0 Å². The second-order valence-electron chi connectivity index (χ2n) is 18.2. The summed E-state index contributed by atoms with van der Waals surface area (Å²) < 4.78 is 34.0. The molecule has 0 saturated carbocycles. The summed E-state index contributed by atoms with van der Waals surface area (Å²) in [6, 6.07) is -0.990. The van der Waals surface area contributed by atoms with Crippen molar-refractivity contribution in [3.63, 3.8) is 0 Å². The largest absolute Gasteiger partial charge is 0.394 e. The molecule has 3 saturated heterocycles. The molecule has 71 heavy (non-hydrogen) atoms. The first kappa shape index (κ1) is 62.5. The molecule has 0 spiro atoms. The Bertz CT molecular complexity index is 1590. The summed E-state index contributed by atoms with van der Waals surface area (Å²) in [5.41, 5.74) is 0. The number of aliphatic hydroxyl groups is 11. The number of carbonyl (C=O) groups is 1. The third-order valence-corrected chi connectivity index (χ3v) is 12.5. The van der Waals surface area contributed by atoms with Crippen LogP contribution in [0.2, 0.25) is 0 Å². The van der Waals surface area contributed by atoms with E-state index in [9.17, 15) is 61.0 Å². The van der Waals surface area contributed by atoms with Crippen molar-refractivity contribution >= 4 is 5.91 Å². The minimum absolute atomic E-state index is 0.199. The second kappa shape index (κ2) is 36.2. The van der Waals surface area contributed by atoms with Gasteiger partial charge in [0.1, 0.15) is 73.2 Å². The van der Waals surface area contributed by atoms with Crippen molar-refractivity contribution in [2.45, 2.75) is 221 Å².